The summed E-state index contributed by atoms with van der Waals surface area (Å²) in [6, 6.07) is 19.6. The van der Waals surface area contributed by atoms with E-state index in [2.05, 4.69) is 5.32 Å². The molecule has 0 fully saturated rings. The summed E-state index contributed by atoms with van der Waals surface area (Å²) in [6.45, 7) is 3.07. The Bertz CT molecular complexity index is 1420. The van der Waals surface area contributed by atoms with Crippen LogP contribution in [-0.2, 0) is 32.6 Å². The van der Waals surface area contributed by atoms with Crippen LogP contribution in [0.5, 0.6) is 0 Å². The lowest BCUT2D eigenvalue weighted by molar-refractivity contribution is -0.140. The van der Waals surface area contributed by atoms with Crippen molar-refractivity contribution >= 4 is 62.3 Å². The first-order valence-corrected chi connectivity index (χ1v) is 15.1. The molecule has 1 atom stereocenters. The van der Waals surface area contributed by atoms with Crippen molar-refractivity contribution in [2.75, 3.05) is 17.1 Å². The summed E-state index contributed by atoms with van der Waals surface area (Å²) < 4.78 is 26.6. The Hall–Kier alpha value is -2.78. The zero-order valence-electron chi connectivity index (χ0n) is 21.8. The fraction of sp³-hybridized carbons (Fsp3) is 0.286. The van der Waals surface area contributed by atoms with E-state index in [9.17, 15) is 18.0 Å². The standard InChI is InChI=1S/C28H30Cl3N3O4S/c1-19(2)32-28(36)25(16-20-9-5-4-6-10-20)33(17-21-11-7-12-22(29)15-21)26(35)18-34(39(3,37)38)24-14-8-13-23(30)27(24)31/h4-15,19,25H,16-18H2,1-3H3,(H,32,36)/t25-/m0/s1. The molecule has 0 radical (unpaired) electrons. The number of benzene rings is 3. The molecule has 0 aliphatic heterocycles. The molecule has 3 aromatic carbocycles. The van der Waals surface area contributed by atoms with E-state index in [0.29, 0.717) is 10.6 Å². The van der Waals surface area contributed by atoms with Gasteiger partial charge < -0.3 is 10.2 Å². The maximum atomic E-state index is 14.0. The van der Waals surface area contributed by atoms with E-state index in [4.69, 9.17) is 34.8 Å². The second-order valence-corrected chi connectivity index (χ2v) is 12.5. The van der Waals surface area contributed by atoms with Gasteiger partial charge in [0.1, 0.15) is 12.6 Å². The Balaban J connectivity index is 2.08. The summed E-state index contributed by atoms with van der Waals surface area (Å²) in [7, 11) is -3.97. The minimum atomic E-state index is -3.97. The number of anilines is 1. The first-order valence-electron chi connectivity index (χ1n) is 12.2. The number of rotatable bonds is 11. The van der Waals surface area contributed by atoms with Gasteiger partial charge in [-0.15, -0.1) is 0 Å². The molecular formula is C28H30Cl3N3O4S. The molecule has 0 aliphatic rings. The number of carbonyl (C=O) groups is 2. The van der Waals surface area contributed by atoms with Gasteiger partial charge in [0, 0.05) is 24.0 Å². The maximum absolute atomic E-state index is 14.0. The third kappa shape index (κ3) is 8.60. The fourth-order valence-electron chi connectivity index (χ4n) is 4.05. The average molecular weight is 611 g/mol. The lowest BCUT2D eigenvalue weighted by atomic mass is 10.0. The van der Waals surface area contributed by atoms with Crippen LogP contribution in [0.3, 0.4) is 0 Å². The van der Waals surface area contributed by atoms with E-state index in [0.717, 1.165) is 16.1 Å². The second kappa shape index (κ2) is 13.5. The second-order valence-electron chi connectivity index (χ2n) is 9.36. The third-order valence-corrected chi connectivity index (χ3v) is 7.99. The molecule has 1 N–H and O–H groups in total. The van der Waals surface area contributed by atoms with Crippen LogP contribution >= 0.6 is 34.8 Å². The minimum absolute atomic E-state index is 0.00262. The summed E-state index contributed by atoms with van der Waals surface area (Å²) >= 11 is 18.7. The lowest BCUT2D eigenvalue weighted by Crippen LogP contribution is -2.54. The highest BCUT2D eigenvalue weighted by atomic mass is 35.5. The van der Waals surface area contributed by atoms with E-state index < -0.39 is 28.5 Å². The summed E-state index contributed by atoms with van der Waals surface area (Å²) in [4.78, 5) is 28.9. The van der Waals surface area contributed by atoms with Crippen molar-refractivity contribution < 1.29 is 18.0 Å². The van der Waals surface area contributed by atoms with E-state index >= 15 is 0 Å². The first-order chi connectivity index (χ1) is 18.4. The molecule has 11 heteroatoms. The Kier molecular flexibility index (Phi) is 10.7. The third-order valence-electron chi connectivity index (χ3n) is 5.82. The van der Waals surface area contributed by atoms with Crippen molar-refractivity contribution in [1.29, 1.82) is 0 Å². The van der Waals surface area contributed by atoms with E-state index in [1.807, 2.05) is 44.2 Å². The van der Waals surface area contributed by atoms with Gasteiger partial charge in [-0.05, 0) is 49.2 Å². The smallest absolute Gasteiger partial charge is 0.244 e. The van der Waals surface area contributed by atoms with Gasteiger partial charge in [-0.25, -0.2) is 8.42 Å². The van der Waals surface area contributed by atoms with Crippen LogP contribution in [0.4, 0.5) is 5.69 Å². The van der Waals surface area contributed by atoms with Crippen LogP contribution in [0.1, 0.15) is 25.0 Å². The number of nitrogens with zero attached hydrogens (tertiary/aromatic N) is 2. The van der Waals surface area contributed by atoms with Crippen LogP contribution < -0.4 is 9.62 Å². The molecule has 3 aromatic rings. The highest BCUT2D eigenvalue weighted by Gasteiger charge is 2.33. The van der Waals surface area contributed by atoms with Crippen molar-refractivity contribution in [2.45, 2.75) is 38.9 Å². The molecule has 3 rings (SSSR count). The molecule has 208 valence electrons. The summed E-state index contributed by atoms with van der Waals surface area (Å²) in [5.74, 6) is -0.966. The first kappa shape index (κ1) is 30.8. The topological polar surface area (TPSA) is 86.8 Å². The largest absolute Gasteiger partial charge is 0.352 e. The normalized spacial score (nSPS) is 12.2. The van der Waals surface area contributed by atoms with Crippen molar-refractivity contribution in [3.8, 4) is 0 Å². The van der Waals surface area contributed by atoms with Crippen LogP contribution in [0.15, 0.2) is 72.8 Å². The van der Waals surface area contributed by atoms with E-state index in [1.165, 1.54) is 17.0 Å². The summed E-state index contributed by atoms with van der Waals surface area (Å²) in [6.07, 6.45) is 1.19. The fourth-order valence-corrected chi connectivity index (χ4v) is 5.56. The number of hydrogen-bond donors (Lipinski definition) is 1. The predicted molar refractivity (Wildman–Crippen MR) is 158 cm³/mol. The molecule has 0 aromatic heterocycles. The highest BCUT2D eigenvalue weighted by molar-refractivity contribution is 7.92. The molecule has 0 heterocycles. The van der Waals surface area contributed by atoms with Gasteiger partial charge in [0.05, 0.1) is 22.0 Å². The number of hydrogen-bond acceptors (Lipinski definition) is 4. The Morgan fingerprint density at radius 3 is 2.15 bits per heavy atom. The van der Waals surface area contributed by atoms with Gasteiger partial charge in [-0.3, -0.25) is 13.9 Å². The van der Waals surface area contributed by atoms with Crippen LogP contribution in [-0.4, -0.2) is 50.0 Å². The van der Waals surface area contributed by atoms with E-state index in [-0.39, 0.29) is 40.6 Å². The molecule has 7 nitrogen and oxygen atoms in total. The van der Waals surface area contributed by atoms with Crippen LogP contribution in [0.2, 0.25) is 15.1 Å². The summed E-state index contributed by atoms with van der Waals surface area (Å²) in [5.41, 5.74) is 1.58. The van der Waals surface area contributed by atoms with E-state index in [1.54, 1.807) is 30.3 Å². The maximum Gasteiger partial charge on any atom is 0.244 e. The Labute approximate surface area is 244 Å². The molecular weight excluding hydrogens is 581 g/mol. The van der Waals surface area contributed by atoms with Crippen molar-refractivity contribution in [2.24, 2.45) is 0 Å². The molecule has 0 spiro atoms. The number of carbonyl (C=O) groups excluding carboxylic acids is 2. The minimum Gasteiger partial charge on any atom is -0.352 e. The van der Waals surface area contributed by atoms with Crippen molar-refractivity contribution in [3.05, 3.63) is 99.0 Å². The monoisotopic (exact) mass is 609 g/mol. The van der Waals surface area contributed by atoms with Gasteiger partial charge in [-0.2, -0.15) is 0 Å². The van der Waals surface area contributed by atoms with Crippen molar-refractivity contribution in [3.63, 3.8) is 0 Å². The van der Waals surface area contributed by atoms with Crippen molar-refractivity contribution in [1.82, 2.24) is 10.2 Å². The Morgan fingerprint density at radius 2 is 1.54 bits per heavy atom. The molecule has 0 saturated heterocycles. The number of sulfonamides is 1. The Morgan fingerprint density at radius 1 is 0.897 bits per heavy atom. The van der Waals surface area contributed by atoms with Gasteiger partial charge in [0.15, 0.2) is 0 Å². The molecule has 2 amide bonds. The van der Waals surface area contributed by atoms with Gasteiger partial charge in [-0.1, -0.05) is 83.3 Å². The molecule has 0 saturated carbocycles. The molecule has 39 heavy (non-hydrogen) atoms. The quantitative estimate of drug-likeness (QED) is 0.307. The predicted octanol–water partition coefficient (Wildman–Crippen LogP) is 5.58. The van der Waals surface area contributed by atoms with Gasteiger partial charge >= 0.3 is 0 Å². The SMILES string of the molecule is CC(C)NC(=O)[C@H](Cc1ccccc1)N(Cc1cccc(Cl)c1)C(=O)CN(c1cccc(Cl)c1Cl)S(C)(=O)=O. The average Bonchev–Trinajstić information content (AvgIpc) is 2.86. The van der Waals surface area contributed by atoms with Crippen LogP contribution in [0, 0.1) is 0 Å². The van der Waals surface area contributed by atoms with Gasteiger partial charge in [0.25, 0.3) is 0 Å². The molecule has 0 bridgehead atoms. The molecule has 0 unspecified atom stereocenters. The molecule has 0 aliphatic carbocycles. The number of halogens is 3. The number of nitrogens with one attached hydrogen (secondary N) is 1. The zero-order valence-corrected chi connectivity index (χ0v) is 24.9. The van der Waals surface area contributed by atoms with Crippen LogP contribution in [0.25, 0.3) is 0 Å². The summed E-state index contributed by atoms with van der Waals surface area (Å²) in [5, 5.41) is 3.51. The number of amides is 2. The lowest BCUT2D eigenvalue weighted by Gasteiger charge is -2.34. The van der Waals surface area contributed by atoms with Gasteiger partial charge in [0.2, 0.25) is 21.8 Å². The zero-order chi connectivity index (χ0) is 28.7. The highest BCUT2D eigenvalue weighted by Crippen LogP contribution is 2.34.